The number of hydrogen-bond donors (Lipinski definition) is 3. The molecule has 1 amide bonds. The molecule has 0 aromatic heterocycles. The fourth-order valence-corrected chi connectivity index (χ4v) is 4.76. The molecule has 0 saturated heterocycles. The molecule has 0 bridgehead atoms. The fraction of sp³-hybridized carbons (Fsp3) is 0.658. The zero-order valence-corrected chi connectivity index (χ0v) is 28.4. The summed E-state index contributed by atoms with van der Waals surface area (Å²) in [6.07, 6.45) is 38.6. The second-order valence-electron chi connectivity index (χ2n) is 11.6. The van der Waals surface area contributed by atoms with Crippen molar-refractivity contribution in [3.63, 3.8) is 0 Å². The lowest BCUT2D eigenvalue weighted by Gasteiger charge is -2.18. The molecular weight excluding hydrogens is 564 g/mol. The Morgan fingerprint density at radius 2 is 1.18 bits per heavy atom. The van der Waals surface area contributed by atoms with Crippen LogP contribution in [-0.4, -0.2) is 41.6 Å². The average Bonchev–Trinajstić information content (AvgIpc) is 3.02. The Labute approximate surface area is 274 Å². The molecular formula is C38H64N2O5. The summed E-state index contributed by atoms with van der Waals surface area (Å²) in [5.41, 5.74) is 5.46. The summed E-state index contributed by atoms with van der Waals surface area (Å²) < 4.78 is 5.86. The number of hydrogen-bond acceptors (Lipinski definition) is 5. The number of rotatable bonds is 30. The lowest BCUT2D eigenvalue weighted by atomic mass is 10.0. The third-order valence-electron chi connectivity index (χ3n) is 7.38. The molecule has 4 N–H and O–H groups in total. The molecule has 0 radical (unpaired) electrons. The third-order valence-corrected chi connectivity index (χ3v) is 7.38. The highest BCUT2D eigenvalue weighted by Crippen LogP contribution is 2.17. The molecule has 0 aromatic rings. The molecule has 0 rings (SSSR count). The summed E-state index contributed by atoms with van der Waals surface area (Å²) in [5, 5.41) is 11.9. The predicted molar refractivity (Wildman–Crippen MR) is 188 cm³/mol. The quantitative estimate of drug-likeness (QED) is 0.0415. The molecule has 45 heavy (non-hydrogen) atoms. The van der Waals surface area contributed by atoms with E-state index in [2.05, 4.69) is 67.8 Å². The van der Waals surface area contributed by atoms with Crippen LogP contribution in [0, 0.1) is 0 Å². The number of carbonyl (C=O) groups is 3. The van der Waals surface area contributed by atoms with Gasteiger partial charge in [0.15, 0.2) is 0 Å². The van der Waals surface area contributed by atoms with Crippen LogP contribution >= 0.6 is 0 Å². The van der Waals surface area contributed by atoms with E-state index in [0.717, 1.165) is 77.0 Å². The van der Waals surface area contributed by atoms with Gasteiger partial charge in [0.2, 0.25) is 5.91 Å². The number of carboxylic acids is 1. The monoisotopic (exact) mass is 628 g/mol. The van der Waals surface area contributed by atoms with Crippen LogP contribution in [0.1, 0.15) is 142 Å². The van der Waals surface area contributed by atoms with Gasteiger partial charge in [-0.3, -0.25) is 9.59 Å². The highest BCUT2D eigenvalue weighted by molar-refractivity contribution is 5.83. The van der Waals surface area contributed by atoms with Crippen molar-refractivity contribution in [2.24, 2.45) is 5.73 Å². The van der Waals surface area contributed by atoms with E-state index in [-0.39, 0.29) is 24.4 Å². The molecule has 7 heteroatoms. The fourth-order valence-electron chi connectivity index (χ4n) is 4.76. The van der Waals surface area contributed by atoms with E-state index in [9.17, 15) is 19.5 Å². The summed E-state index contributed by atoms with van der Waals surface area (Å²) in [6, 6.07) is -0.872. The standard InChI is InChI=1S/C38H64N2O5/c1-3-5-7-9-10-11-12-13-14-15-16-17-18-20-26-32-37(42)45-34(28-23-19-8-6-4-2)29-24-21-22-25-31-36(41)40-35(38(43)44)30-27-33-39/h5,7,10-11,13-14,16-17,20,26,34-35H,3-4,6,8-9,12,15,18-19,21-25,27-33,39H2,1-2H3,(H,40,41)(H,43,44)/b7-5-,11-10-,14-13-,17-16-,26-20-. The normalized spacial score (nSPS) is 13.5. The first kappa shape index (κ1) is 42.1. The maximum atomic E-state index is 12.5. The van der Waals surface area contributed by atoms with Crippen molar-refractivity contribution in [1.82, 2.24) is 5.32 Å². The zero-order chi connectivity index (χ0) is 33.2. The maximum absolute atomic E-state index is 12.5. The van der Waals surface area contributed by atoms with Crippen LogP contribution in [0.3, 0.4) is 0 Å². The molecule has 0 aliphatic rings. The molecule has 0 spiro atoms. The van der Waals surface area contributed by atoms with Crippen molar-refractivity contribution in [1.29, 1.82) is 0 Å². The molecule has 0 aliphatic carbocycles. The molecule has 256 valence electrons. The van der Waals surface area contributed by atoms with Gasteiger partial charge < -0.3 is 20.9 Å². The number of allylic oxidation sites excluding steroid dienone is 9. The topological polar surface area (TPSA) is 119 Å². The number of carboxylic acid groups (broad SMARTS) is 1. The van der Waals surface area contributed by atoms with E-state index < -0.39 is 12.0 Å². The van der Waals surface area contributed by atoms with Gasteiger partial charge in [-0.2, -0.15) is 0 Å². The van der Waals surface area contributed by atoms with Gasteiger partial charge in [0, 0.05) is 6.42 Å². The predicted octanol–water partition coefficient (Wildman–Crippen LogP) is 9.05. The smallest absolute Gasteiger partial charge is 0.326 e. The van der Waals surface area contributed by atoms with Crippen molar-refractivity contribution in [3.8, 4) is 0 Å². The lowest BCUT2D eigenvalue weighted by Crippen LogP contribution is -2.40. The number of carbonyl (C=O) groups excluding carboxylic acids is 2. The summed E-state index contributed by atoms with van der Waals surface area (Å²) in [5.74, 6) is -1.42. The molecule has 0 saturated carbocycles. The second-order valence-corrected chi connectivity index (χ2v) is 11.6. The van der Waals surface area contributed by atoms with Crippen molar-refractivity contribution in [2.75, 3.05) is 6.54 Å². The van der Waals surface area contributed by atoms with Gasteiger partial charge in [0.25, 0.3) is 0 Å². The number of aliphatic carboxylic acids is 1. The van der Waals surface area contributed by atoms with Gasteiger partial charge in [-0.1, -0.05) is 113 Å². The number of ether oxygens (including phenoxy) is 1. The minimum absolute atomic E-state index is 0.0657. The van der Waals surface area contributed by atoms with E-state index in [1.165, 1.54) is 19.3 Å². The van der Waals surface area contributed by atoms with Crippen LogP contribution in [0.15, 0.2) is 60.8 Å². The van der Waals surface area contributed by atoms with Gasteiger partial charge >= 0.3 is 11.9 Å². The van der Waals surface area contributed by atoms with Crippen LogP contribution < -0.4 is 11.1 Å². The Morgan fingerprint density at radius 1 is 0.667 bits per heavy atom. The number of unbranched alkanes of at least 4 members (excludes halogenated alkanes) is 7. The van der Waals surface area contributed by atoms with E-state index >= 15 is 0 Å². The van der Waals surface area contributed by atoms with E-state index in [0.29, 0.717) is 32.2 Å². The Kier molecular flexibility index (Phi) is 30.3. The average molecular weight is 629 g/mol. The van der Waals surface area contributed by atoms with Crippen LogP contribution in [0.5, 0.6) is 0 Å². The van der Waals surface area contributed by atoms with Gasteiger partial charge in [0.1, 0.15) is 12.1 Å². The van der Waals surface area contributed by atoms with Crippen LogP contribution in [0.4, 0.5) is 0 Å². The van der Waals surface area contributed by atoms with E-state index in [1.807, 2.05) is 12.2 Å². The van der Waals surface area contributed by atoms with Gasteiger partial charge in [-0.05, 0) is 83.6 Å². The molecule has 2 unspecified atom stereocenters. The van der Waals surface area contributed by atoms with Crippen molar-refractivity contribution >= 4 is 17.8 Å². The molecule has 0 aliphatic heterocycles. The van der Waals surface area contributed by atoms with Gasteiger partial charge in [0.05, 0.1) is 6.42 Å². The SMILES string of the molecule is CC/C=C\C/C=C\C/C=C\C/C=C\C/C=C\CC(=O)OC(CCCCCCC)CCCCCCC(=O)NC(CCCN)C(=O)O. The summed E-state index contributed by atoms with van der Waals surface area (Å²) in [7, 11) is 0. The van der Waals surface area contributed by atoms with Crippen molar-refractivity contribution in [2.45, 2.75) is 154 Å². The number of nitrogens with two attached hydrogens (primary N) is 1. The maximum Gasteiger partial charge on any atom is 0.326 e. The minimum Gasteiger partial charge on any atom is -0.480 e. The largest absolute Gasteiger partial charge is 0.480 e. The first-order valence-electron chi connectivity index (χ1n) is 17.6. The van der Waals surface area contributed by atoms with Crippen molar-refractivity contribution in [3.05, 3.63) is 60.8 Å². The van der Waals surface area contributed by atoms with E-state index in [4.69, 9.17) is 10.5 Å². The molecule has 7 nitrogen and oxygen atoms in total. The highest BCUT2D eigenvalue weighted by Gasteiger charge is 2.19. The Morgan fingerprint density at radius 3 is 1.69 bits per heavy atom. The van der Waals surface area contributed by atoms with Gasteiger partial charge in [-0.25, -0.2) is 4.79 Å². The van der Waals surface area contributed by atoms with Crippen LogP contribution in [0.25, 0.3) is 0 Å². The molecule has 0 heterocycles. The van der Waals surface area contributed by atoms with Crippen molar-refractivity contribution < 1.29 is 24.2 Å². The minimum atomic E-state index is -1.02. The summed E-state index contributed by atoms with van der Waals surface area (Å²) in [4.78, 5) is 36.0. The molecule has 0 fully saturated rings. The lowest BCUT2D eigenvalue weighted by molar-refractivity contribution is -0.148. The van der Waals surface area contributed by atoms with Crippen LogP contribution in [0.2, 0.25) is 0 Å². The third kappa shape index (κ3) is 29.5. The number of nitrogens with one attached hydrogen (secondary N) is 1. The molecule has 2 atom stereocenters. The zero-order valence-electron chi connectivity index (χ0n) is 28.4. The first-order valence-corrected chi connectivity index (χ1v) is 17.6. The Bertz CT molecular complexity index is 891. The number of amides is 1. The molecule has 0 aromatic carbocycles. The highest BCUT2D eigenvalue weighted by atomic mass is 16.5. The first-order chi connectivity index (χ1) is 21.9. The number of esters is 1. The van der Waals surface area contributed by atoms with Gasteiger partial charge in [-0.15, -0.1) is 0 Å². The second kappa shape index (κ2) is 32.5. The van der Waals surface area contributed by atoms with E-state index in [1.54, 1.807) is 0 Å². The summed E-state index contributed by atoms with van der Waals surface area (Å²) >= 11 is 0. The Balaban J connectivity index is 4.34. The van der Waals surface area contributed by atoms with Crippen LogP contribution in [-0.2, 0) is 19.1 Å². The summed E-state index contributed by atoms with van der Waals surface area (Å²) in [6.45, 7) is 4.75. The Hall–Kier alpha value is -2.93.